The molecule has 0 spiro atoms. The third-order valence-corrected chi connectivity index (χ3v) is 5.45. The average Bonchev–Trinajstić information content (AvgIpc) is 3.33. The highest BCUT2D eigenvalue weighted by atomic mass is 16.2. The zero-order valence-corrected chi connectivity index (χ0v) is 16.3. The van der Waals surface area contributed by atoms with Crippen LogP contribution in [0.1, 0.15) is 18.2 Å². The summed E-state index contributed by atoms with van der Waals surface area (Å²) in [6.45, 7) is 1.80. The predicted octanol–water partition coefficient (Wildman–Crippen LogP) is 3.39. The number of imide groups is 1. The van der Waals surface area contributed by atoms with Crippen molar-refractivity contribution in [2.45, 2.75) is 19.0 Å². The maximum atomic E-state index is 13.4. The molecule has 1 unspecified atom stereocenters. The highest BCUT2D eigenvalue weighted by Crippen LogP contribution is 2.34. The normalized spacial score (nSPS) is 18.8. The second-order valence-corrected chi connectivity index (χ2v) is 7.43. The van der Waals surface area contributed by atoms with E-state index in [1.165, 1.54) is 9.70 Å². The Bertz CT molecular complexity index is 1260. The Labute approximate surface area is 172 Å². The summed E-state index contributed by atoms with van der Waals surface area (Å²) in [5, 5.41) is 13.5. The number of urea groups is 1. The minimum Gasteiger partial charge on any atom is -0.319 e. The molecule has 0 saturated carbocycles. The molecule has 7 nitrogen and oxygen atoms in total. The summed E-state index contributed by atoms with van der Waals surface area (Å²) < 4.78 is 0. The molecule has 2 heterocycles. The van der Waals surface area contributed by atoms with Crippen LogP contribution in [-0.4, -0.2) is 31.8 Å². The van der Waals surface area contributed by atoms with Crippen LogP contribution in [0.25, 0.3) is 16.5 Å². The molecule has 1 N–H and O–H groups in total. The van der Waals surface area contributed by atoms with Crippen LogP contribution >= 0.6 is 0 Å². The standard InChI is InChI=1S/C23H19N5O2/c1-23(20-13-7-9-16-8-5-6-12-19(16)20)21(29)27(22(30)25-23)15-17-14-24-28(26-17)18-10-3-2-4-11-18/h2-14H,15H2,1H3,(H,25,30). The highest BCUT2D eigenvalue weighted by molar-refractivity contribution is 6.09. The van der Waals surface area contributed by atoms with Gasteiger partial charge in [0.1, 0.15) is 11.2 Å². The van der Waals surface area contributed by atoms with Gasteiger partial charge in [0.05, 0.1) is 18.4 Å². The molecular formula is C23H19N5O2. The summed E-state index contributed by atoms with van der Waals surface area (Å²) >= 11 is 0. The molecule has 1 saturated heterocycles. The number of nitrogens with one attached hydrogen (secondary N) is 1. The van der Waals surface area contributed by atoms with Crippen molar-refractivity contribution in [1.82, 2.24) is 25.2 Å². The molecule has 1 atom stereocenters. The Morgan fingerprint density at radius 1 is 0.933 bits per heavy atom. The Morgan fingerprint density at radius 2 is 1.67 bits per heavy atom. The van der Waals surface area contributed by atoms with Gasteiger partial charge in [0.2, 0.25) is 0 Å². The van der Waals surface area contributed by atoms with Crippen LogP contribution in [0, 0.1) is 0 Å². The van der Waals surface area contributed by atoms with Crippen molar-refractivity contribution < 1.29 is 9.59 Å². The van der Waals surface area contributed by atoms with Crippen molar-refractivity contribution in [3.05, 3.63) is 90.3 Å². The minimum absolute atomic E-state index is 0.0534. The van der Waals surface area contributed by atoms with Crippen LogP contribution < -0.4 is 5.32 Å². The quantitative estimate of drug-likeness (QED) is 0.536. The maximum Gasteiger partial charge on any atom is 0.325 e. The lowest BCUT2D eigenvalue weighted by Crippen LogP contribution is -2.41. The maximum absolute atomic E-state index is 13.4. The lowest BCUT2D eigenvalue weighted by Gasteiger charge is -2.24. The Kier molecular flexibility index (Phi) is 4.10. The van der Waals surface area contributed by atoms with Gasteiger partial charge >= 0.3 is 6.03 Å². The van der Waals surface area contributed by atoms with Crippen LogP contribution in [0.5, 0.6) is 0 Å². The molecule has 1 aromatic heterocycles. The predicted molar refractivity (Wildman–Crippen MR) is 112 cm³/mol. The van der Waals surface area contributed by atoms with E-state index in [0.717, 1.165) is 22.0 Å². The number of carbonyl (C=O) groups is 2. The largest absolute Gasteiger partial charge is 0.325 e. The topological polar surface area (TPSA) is 80.1 Å². The lowest BCUT2D eigenvalue weighted by molar-refractivity contribution is -0.131. The molecule has 0 bridgehead atoms. The minimum atomic E-state index is -1.15. The van der Waals surface area contributed by atoms with E-state index in [4.69, 9.17) is 0 Å². The summed E-state index contributed by atoms with van der Waals surface area (Å²) in [7, 11) is 0. The molecule has 7 heteroatoms. The Hall–Kier alpha value is -4.00. The van der Waals surface area contributed by atoms with E-state index in [1.54, 1.807) is 13.1 Å². The van der Waals surface area contributed by atoms with Crippen molar-refractivity contribution in [3.8, 4) is 5.69 Å². The van der Waals surface area contributed by atoms with E-state index < -0.39 is 11.6 Å². The molecular weight excluding hydrogens is 378 g/mol. The van der Waals surface area contributed by atoms with Gasteiger partial charge in [-0.2, -0.15) is 15.0 Å². The number of aromatic nitrogens is 3. The van der Waals surface area contributed by atoms with Crippen molar-refractivity contribution in [3.63, 3.8) is 0 Å². The van der Waals surface area contributed by atoms with Crippen LogP contribution in [0.15, 0.2) is 79.0 Å². The molecule has 3 aromatic carbocycles. The van der Waals surface area contributed by atoms with Gasteiger partial charge in [0, 0.05) is 0 Å². The van der Waals surface area contributed by atoms with Crippen molar-refractivity contribution in [1.29, 1.82) is 0 Å². The third kappa shape index (κ3) is 2.83. The Morgan fingerprint density at radius 3 is 2.50 bits per heavy atom. The summed E-state index contributed by atoms with van der Waals surface area (Å²) in [6, 6.07) is 22.6. The smallest absolute Gasteiger partial charge is 0.319 e. The number of hydrogen-bond acceptors (Lipinski definition) is 4. The molecule has 0 radical (unpaired) electrons. The van der Waals surface area contributed by atoms with Gasteiger partial charge in [0.25, 0.3) is 5.91 Å². The van der Waals surface area contributed by atoms with Gasteiger partial charge in [-0.25, -0.2) is 4.79 Å². The van der Waals surface area contributed by atoms with E-state index in [9.17, 15) is 9.59 Å². The molecule has 0 aliphatic carbocycles. The molecule has 148 valence electrons. The van der Waals surface area contributed by atoms with E-state index in [2.05, 4.69) is 15.5 Å². The summed E-state index contributed by atoms with van der Waals surface area (Å²) in [5.74, 6) is -0.307. The van der Waals surface area contributed by atoms with Gasteiger partial charge in [-0.15, -0.1) is 0 Å². The zero-order chi connectivity index (χ0) is 20.7. The number of fused-ring (bicyclic) bond motifs is 1. The van der Waals surface area contributed by atoms with Crippen LogP contribution in [0.3, 0.4) is 0 Å². The number of hydrogen-bond donors (Lipinski definition) is 1. The average molecular weight is 397 g/mol. The molecule has 4 aromatic rings. The number of nitrogens with zero attached hydrogens (tertiary/aromatic N) is 4. The molecule has 3 amide bonds. The van der Waals surface area contributed by atoms with Crippen molar-refractivity contribution in [2.75, 3.05) is 0 Å². The van der Waals surface area contributed by atoms with Gasteiger partial charge in [-0.1, -0.05) is 60.7 Å². The number of amides is 3. The van der Waals surface area contributed by atoms with E-state index >= 15 is 0 Å². The molecule has 30 heavy (non-hydrogen) atoms. The number of benzene rings is 3. The first-order valence-electron chi connectivity index (χ1n) is 9.65. The fraction of sp³-hybridized carbons (Fsp3) is 0.130. The fourth-order valence-electron chi connectivity index (χ4n) is 3.90. The highest BCUT2D eigenvalue weighted by Gasteiger charge is 2.49. The summed E-state index contributed by atoms with van der Waals surface area (Å²) in [4.78, 5) is 28.8. The summed E-state index contributed by atoms with van der Waals surface area (Å²) in [5.41, 5.74) is 0.966. The summed E-state index contributed by atoms with van der Waals surface area (Å²) in [6.07, 6.45) is 1.57. The second kappa shape index (κ2) is 6.81. The zero-order valence-electron chi connectivity index (χ0n) is 16.3. The SMILES string of the molecule is CC1(c2cccc3ccccc23)NC(=O)N(Cc2cnn(-c3ccccc3)n2)C1=O. The van der Waals surface area contributed by atoms with Crippen molar-refractivity contribution in [2.24, 2.45) is 0 Å². The molecule has 1 aliphatic rings. The third-order valence-electron chi connectivity index (χ3n) is 5.45. The van der Waals surface area contributed by atoms with E-state index in [0.29, 0.717) is 5.69 Å². The van der Waals surface area contributed by atoms with Crippen molar-refractivity contribution >= 4 is 22.7 Å². The second-order valence-electron chi connectivity index (χ2n) is 7.43. The van der Waals surface area contributed by atoms with Gasteiger partial charge in [0.15, 0.2) is 0 Å². The lowest BCUT2D eigenvalue weighted by atomic mass is 9.88. The first-order chi connectivity index (χ1) is 14.6. The van der Waals surface area contributed by atoms with Crippen LogP contribution in [-0.2, 0) is 16.9 Å². The first-order valence-corrected chi connectivity index (χ1v) is 9.65. The fourth-order valence-corrected chi connectivity index (χ4v) is 3.90. The number of carbonyl (C=O) groups excluding carboxylic acids is 2. The van der Waals surface area contributed by atoms with E-state index in [1.807, 2.05) is 72.8 Å². The Balaban J connectivity index is 1.45. The van der Waals surface area contributed by atoms with E-state index in [-0.39, 0.29) is 12.5 Å². The number of rotatable bonds is 4. The van der Waals surface area contributed by atoms with Gasteiger partial charge in [-0.3, -0.25) is 9.69 Å². The van der Waals surface area contributed by atoms with Gasteiger partial charge < -0.3 is 5.32 Å². The first kappa shape index (κ1) is 18.1. The van der Waals surface area contributed by atoms with Crippen LogP contribution in [0.4, 0.5) is 4.79 Å². The van der Waals surface area contributed by atoms with Crippen LogP contribution in [0.2, 0.25) is 0 Å². The molecule has 1 fully saturated rings. The van der Waals surface area contributed by atoms with Gasteiger partial charge in [-0.05, 0) is 35.4 Å². The number of para-hydroxylation sites is 1. The molecule has 1 aliphatic heterocycles. The monoisotopic (exact) mass is 397 g/mol. The molecule has 5 rings (SSSR count).